The lowest BCUT2D eigenvalue weighted by molar-refractivity contribution is -0.143. The zero-order valence-corrected chi connectivity index (χ0v) is 54.3. The van der Waals surface area contributed by atoms with E-state index in [9.17, 15) is 53.7 Å². The van der Waals surface area contributed by atoms with Crippen LogP contribution in [0.5, 0.6) is 0 Å². The Kier molecular flexibility index (Phi) is 21.1. The van der Waals surface area contributed by atoms with Crippen molar-refractivity contribution in [1.29, 1.82) is 0 Å². The summed E-state index contributed by atoms with van der Waals surface area (Å²) in [6.45, 7) is 4.83. The predicted molar refractivity (Wildman–Crippen MR) is 341 cm³/mol. The number of pyridine rings is 1. The van der Waals surface area contributed by atoms with Crippen molar-refractivity contribution in [3.8, 4) is 43.4 Å². The summed E-state index contributed by atoms with van der Waals surface area (Å²) in [6, 6.07) is 9.23. The molecule has 8 N–H and O–H groups in total. The third-order valence-electron chi connectivity index (χ3n) is 14.8. The number of ether oxygens (including phenoxy) is 2. The van der Waals surface area contributed by atoms with Crippen LogP contribution in [0.2, 0.25) is 0 Å². The molecule has 26 nitrogen and oxygen atoms in total. The average Bonchev–Trinajstić information content (AvgIpc) is 1.75. The van der Waals surface area contributed by atoms with E-state index in [0.29, 0.717) is 94.4 Å². The minimum atomic E-state index is -1.31. The standard InChI is InChI=1S/C59H61N13O13S6/c1-27(2)43-57-71-46(38(91-57)22-84-5)50(79)61-21-41(74)68-47(48(77)29-10-7-6-8-11-29)56-66-37(25-88-56)54-64-35(23-87-54)45-32(52-65-36(24-86-52)49(78)63-34(20-40(73)60-4)55-70-44(28(3)90-55)51(80)69-43)17-18-33(62-45)53-67-39(26-89-53)72(19-9-12-42(75)76)59(83)85-31-15-13-30(14-16-31)58(81)82/h6-8,10-11,17-18,23-27,30-31,34,43,47-48,77H,9,12-16,19-22H2,1-5H3,(H,60,73)(H,61,79)(H,63,78)(H,68,74)(H,69,80)(H,75,76)(H,81,82)/t30?,31?,34-,43?,47-,48-/m0/s1. The average molecular weight is 1350 g/mol. The monoisotopic (exact) mass is 1350 g/mol. The van der Waals surface area contributed by atoms with Crippen LogP contribution in [0, 0.1) is 18.8 Å². The maximum absolute atomic E-state index is 14.4. The fourth-order valence-corrected chi connectivity index (χ4v) is 15.6. The number of nitrogens with zero attached hydrogens (tertiary/aromatic N) is 8. The van der Waals surface area contributed by atoms with E-state index < -0.39 is 90.4 Å². The van der Waals surface area contributed by atoms with Gasteiger partial charge in [-0.3, -0.25) is 38.5 Å². The molecule has 1 aromatic carbocycles. The van der Waals surface area contributed by atoms with E-state index in [1.165, 1.54) is 30.4 Å². The van der Waals surface area contributed by atoms with Crippen molar-refractivity contribution in [2.45, 2.75) is 103 Å². The molecule has 2 aliphatic rings. The molecule has 1 aliphatic heterocycles. The van der Waals surface area contributed by atoms with E-state index >= 15 is 0 Å². The topological polar surface area (TPSA) is 369 Å². The molecule has 1 fully saturated rings. The molecule has 1 aliphatic carbocycles. The first-order valence-electron chi connectivity index (χ1n) is 28.6. The number of aromatic nitrogens is 7. The van der Waals surface area contributed by atoms with Crippen molar-refractivity contribution in [2.24, 2.45) is 11.8 Å². The quantitative estimate of drug-likeness (QED) is 0.0475. The highest BCUT2D eigenvalue weighted by atomic mass is 32.1. The molecule has 32 heteroatoms. The molecule has 4 atom stereocenters. The Morgan fingerprint density at radius 3 is 2.13 bits per heavy atom. The maximum atomic E-state index is 14.4. The molecule has 1 saturated carbocycles. The van der Waals surface area contributed by atoms with Crippen LogP contribution >= 0.6 is 68.0 Å². The number of carboxylic acid groups (broad SMARTS) is 2. The number of methoxy groups -OCH3 is 1. The van der Waals surface area contributed by atoms with Crippen molar-refractivity contribution in [3.63, 3.8) is 0 Å². The van der Waals surface area contributed by atoms with Crippen LogP contribution in [0.1, 0.15) is 145 Å². The lowest BCUT2D eigenvalue weighted by Crippen LogP contribution is -2.40. The Bertz CT molecular complexity index is 4000. The molecule has 10 rings (SSSR count). The zero-order valence-electron chi connectivity index (χ0n) is 49.4. The number of nitrogens with one attached hydrogen (secondary N) is 5. The van der Waals surface area contributed by atoms with Gasteiger partial charge in [0.25, 0.3) is 17.7 Å². The summed E-state index contributed by atoms with van der Waals surface area (Å²) < 4.78 is 11.3. The Hall–Kier alpha value is -8.37. The van der Waals surface area contributed by atoms with Crippen molar-refractivity contribution in [1.82, 2.24) is 61.5 Å². The van der Waals surface area contributed by atoms with Gasteiger partial charge in [0.15, 0.2) is 0 Å². The largest absolute Gasteiger partial charge is 0.481 e. The minimum absolute atomic E-state index is 0.0149. The van der Waals surface area contributed by atoms with E-state index in [0.717, 1.165) is 56.7 Å². The fourth-order valence-electron chi connectivity index (χ4n) is 10.0. The van der Waals surface area contributed by atoms with E-state index in [2.05, 4.69) is 26.6 Å². The summed E-state index contributed by atoms with van der Waals surface area (Å²) in [5.74, 6) is -5.61. The number of carbonyl (C=O) groups is 8. The molecule has 8 aromatic rings. The molecular formula is C59H61N13O13S6. The van der Waals surface area contributed by atoms with Crippen molar-refractivity contribution >= 4 is 121 Å². The Balaban J connectivity index is 1.04. The molecule has 10 bridgehead atoms. The number of carboxylic acids is 2. The number of carbonyl (C=O) groups excluding carboxylic acids is 6. The van der Waals surface area contributed by atoms with Gasteiger partial charge in [-0.05, 0) is 62.6 Å². The number of benzene rings is 1. The number of aliphatic carboxylic acids is 2. The van der Waals surface area contributed by atoms with Gasteiger partial charge in [0, 0.05) is 59.1 Å². The third kappa shape index (κ3) is 15.5. The molecule has 7 aromatic heterocycles. The lowest BCUT2D eigenvalue weighted by atomic mass is 9.87. The fraction of sp³-hybridized carbons (Fsp3) is 0.373. The van der Waals surface area contributed by atoms with Gasteiger partial charge in [-0.1, -0.05) is 44.2 Å². The van der Waals surface area contributed by atoms with Gasteiger partial charge in [0.1, 0.15) is 88.3 Å². The van der Waals surface area contributed by atoms with Gasteiger partial charge in [-0.15, -0.1) is 68.0 Å². The smallest absolute Gasteiger partial charge is 0.415 e. The number of thiazole rings is 6. The maximum Gasteiger partial charge on any atom is 0.415 e. The first-order valence-corrected chi connectivity index (χ1v) is 33.8. The van der Waals surface area contributed by atoms with Gasteiger partial charge in [-0.2, -0.15) is 0 Å². The van der Waals surface area contributed by atoms with Crippen LogP contribution in [0.25, 0.3) is 43.4 Å². The summed E-state index contributed by atoms with van der Waals surface area (Å²) in [5.41, 5.74) is 2.29. The van der Waals surface area contributed by atoms with E-state index in [1.807, 2.05) is 13.8 Å². The lowest BCUT2D eigenvalue weighted by Gasteiger charge is -2.28. The summed E-state index contributed by atoms with van der Waals surface area (Å²) in [4.78, 5) is 143. The number of fused-ring (bicyclic) bond motifs is 14. The predicted octanol–water partition coefficient (Wildman–Crippen LogP) is 8.76. The van der Waals surface area contributed by atoms with Crippen LogP contribution in [0.3, 0.4) is 0 Å². The summed E-state index contributed by atoms with van der Waals surface area (Å²) in [7, 11) is 2.92. The Morgan fingerprint density at radius 2 is 1.41 bits per heavy atom. The van der Waals surface area contributed by atoms with Crippen LogP contribution in [0.15, 0.2) is 64.0 Å². The second-order valence-corrected chi connectivity index (χ2v) is 27.3. The highest BCUT2D eigenvalue weighted by Crippen LogP contribution is 2.41. The van der Waals surface area contributed by atoms with Crippen molar-refractivity contribution in [2.75, 3.05) is 32.1 Å². The minimum Gasteiger partial charge on any atom is -0.481 e. The number of hydrogen-bond donors (Lipinski definition) is 8. The highest BCUT2D eigenvalue weighted by molar-refractivity contribution is 7.15. The number of rotatable bonds is 15. The molecule has 6 amide bonds. The van der Waals surface area contributed by atoms with Crippen molar-refractivity contribution in [3.05, 3.63) is 111 Å². The van der Waals surface area contributed by atoms with Crippen LogP contribution in [-0.4, -0.2) is 131 Å². The van der Waals surface area contributed by atoms with Crippen LogP contribution in [0.4, 0.5) is 10.6 Å². The normalized spacial score (nSPS) is 18.5. The summed E-state index contributed by atoms with van der Waals surface area (Å²) in [5, 5.41) is 53.8. The first kappa shape index (κ1) is 65.6. The van der Waals surface area contributed by atoms with Gasteiger partial charge in [0.2, 0.25) is 11.8 Å². The van der Waals surface area contributed by atoms with E-state index in [-0.39, 0.29) is 66.2 Å². The van der Waals surface area contributed by atoms with Gasteiger partial charge in [0.05, 0.1) is 48.1 Å². The summed E-state index contributed by atoms with van der Waals surface area (Å²) >= 11 is 6.96. The zero-order chi connectivity index (χ0) is 64.6. The second kappa shape index (κ2) is 29.3. The molecule has 91 heavy (non-hydrogen) atoms. The van der Waals surface area contributed by atoms with E-state index in [4.69, 9.17) is 44.4 Å². The first-order chi connectivity index (χ1) is 43.7. The second-order valence-electron chi connectivity index (χ2n) is 21.5. The molecule has 476 valence electrons. The Labute approximate surface area is 544 Å². The Morgan fingerprint density at radius 1 is 0.703 bits per heavy atom. The molecular weight excluding hydrogens is 1290 g/mol. The summed E-state index contributed by atoms with van der Waals surface area (Å²) in [6.07, 6.45) is -1.68. The highest BCUT2D eigenvalue weighted by Gasteiger charge is 2.35. The van der Waals surface area contributed by atoms with Gasteiger partial charge < -0.3 is 51.4 Å². The molecule has 0 spiro atoms. The van der Waals surface area contributed by atoms with Gasteiger partial charge in [-0.25, -0.2) is 39.7 Å². The molecule has 8 heterocycles. The number of hydrogen-bond acceptors (Lipinski definition) is 24. The molecule has 0 saturated heterocycles. The van der Waals surface area contributed by atoms with Crippen molar-refractivity contribution < 1.29 is 63.1 Å². The molecule has 1 unspecified atom stereocenters. The third-order valence-corrected chi connectivity index (χ3v) is 20.5. The van der Waals surface area contributed by atoms with Gasteiger partial charge >= 0.3 is 18.0 Å². The van der Waals surface area contributed by atoms with E-state index in [1.54, 1.807) is 70.9 Å². The van der Waals surface area contributed by atoms with Crippen LogP contribution in [-0.2, 0) is 35.3 Å². The number of aliphatic hydroxyl groups excluding tert-OH is 1. The molecule has 0 radical (unpaired) electrons. The number of anilines is 1. The number of amides is 6. The number of aryl methyl sites for hydroxylation is 1. The number of aliphatic hydroxyl groups is 1. The van der Waals surface area contributed by atoms with Crippen LogP contribution < -0.4 is 31.5 Å². The SMILES string of the molecule is CNC(=O)C[C@@H]1NC(=O)c2csc(n2)-c2ccc(-c3nc(N(CCCC(=O)O)C(=O)OC4CCC(C(=O)O)CC4)cs3)nc2-c2csc(n2)-c2csc(n2)[C@H]([C@@H](O)c2ccccc2)NC(=O)CNC(=O)c2nc(sc2COC)C(C(C)C)NC(=O)c2nc1sc2C.